The topological polar surface area (TPSA) is 33.3 Å². The average molecular weight is 254 g/mol. The predicted molar refractivity (Wildman–Crippen MR) is 75.8 cm³/mol. The molecule has 0 radical (unpaired) electrons. The molecule has 2 N–H and O–H groups in total. The molecule has 3 atom stereocenters. The Morgan fingerprint density at radius 1 is 1.39 bits per heavy atom. The molecule has 106 valence electrons. The summed E-state index contributed by atoms with van der Waals surface area (Å²) in [6.07, 6.45) is 5.55. The molecule has 0 amide bonds. The summed E-state index contributed by atoms with van der Waals surface area (Å²) in [5, 5.41) is 7.35. The Morgan fingerprint density at radius 3 is 2.67 bits per heavy atom. The average Bonchev–Trinajstić information content (AvgIpc) is 2.77. The molecule has 0 aromatic heterocycles. The first-order valence-electron chi connectivity index (χ1n) is 7.51. The first-order valence-corrected chi connectivity index (χ1v) is 7.51. The molecule has 3 heteroatoms. The van der Waals surface area contributed by atoms with Crippen molar-refractivity contribution in [3.05, 3.63) is 0 Å². The fraction of sp³-hybridized carbons (Fsp3) is 1.00. The van der Waals surface area contributed by atoms with E-state index in [0.29, 0.717) is 17.6 Å². The van der Waals surface area contributed by atoms with Crippen LogP contribution in [-0.4, -0.2) is 38.9 Å². The molecule has 3 nitrogen and oxygen atoms in total. The molecule has 18 heavy (non-hydrogen) atoms. The molecule has 2 rings (SSSR count). The second-order valence-corrected chi connectivity index (χ2v) is 6.89. The van der Waals surface area contributed by atoms with E-state index < -0.39 is 0 Å². The Labute approximate surface area is 112 Å². The van der Waals surface area contributed by atoms with Gasteiger partial charge >= 0.3 is 0 Å². The standard InChI is InChI=1S/C15H30N2O/c1-5-6-15(7-8-16-10-15)11-17-12-9-13(18-4)14(12,2)3/h12-13,16-17H,5-11H2,1-4H3. The van der Waals surface area contributed by atoms with E-state index in [1.807, 2.05) is 7.11 Å². The lowest BCUT2D eigenvalue weighted by Gasteiger charge is -2.52. The van der Waals surface area contributed by atoms with Crippen molar-refractivity contribution in [3.8, 4) is 0 Å². The number of hydrogen-bond acceptors (Lipinski definition) is 3. The highest BCUT2D eigenvalue weighted by Gasteiger charge is 2.49. The molecule has 1 saturated heterocycles. The van der Waals surface area contributed by atoms with Crippen LogP contribution in [0.4, 0.5) is 0 Å². The third kappa shape index (κ3) is 2.59. The smallest absolute Gasteiger partial charge is 0.0652 e. The fourth-order valence-corrected chi connectivity index (χ4v) is 3.75. The number of hydrogen-bond donors (Lipinski definition) is 2. The maximum absolute atomic E-state index is 5.52. The van der Waals surface area contributed by atoms with Crippen LogP contribution in [0.3, 0.4) is 0 Å². The molecule has 2 aliphatic rings. The number of ether oxygens (including phenoxy) is 1. The molecule has 1 saturated carbocycles. The van der Waals surface area contributed by atoms with Crippen molar-refractivity contribution in [1.82, 2.24) is 10.6 Å². The van der Waals surface area contributed by atoms with Gasteiger partial charge in [-0.3, -0.25) is 0 Å². The predicted octanol–water partition coefficient (Wildman–Crippen LogP) is 2.17. The van der Waals surface area contributed by atoms with E-state index in [-0.39, 0.29) is 5.41 Å². The van der Waals surface area contributed by atoms with Crippen molar-refractivity contribution < 1.29 is 4.74 Å². The quantitative estimate of drug-likeness (QED) is 0.762. The summed E-state index contributed by atoms with van der Waals surface area (Å²) < 4.78 is 5.52. The fourth-order valence-electron chi connectivity index (χ4n) is 3.75. The van der Waals surface area contributed by atoms with E-state index in [9.17, 15) is 0 Å². The highest BCUT2D eigenvalue weighted by Crippen LogP contribution is 2.43. The van der Waals surface area contributed by atoms with Crippen molar-refractivity contribution in [2.24, 2.45) is 10.8 Å². The van der Waals surface area contributed by atoms with Gasteiger partial charge in [0.1, 0.15) is 0 Å². The van der Waals surface area contributed by atoms with Crippen molar-refractivity contribution in [3.63, 3.8) is 0 Å². The molecule has 1 heterocycles. The molecular formula is C15H30N2O. The molecule has 1 aliphatic carbocycles. The SMILES string of the molecule is CCCC1(CNC2CC(OC)C2(C)C)CCNC1. The van der Waals surface area contributed by atoms with Crippen molar-refractivity contribution in [2.45, 2.75) is 58.6 Å². The summed E-state index contributed by atoms with van der Waals surface area (Å²) in [5.41, 5.74) is 0.789. The number of rotatable bonds is 6. The van der Waals surface area contributed by atoms with Crippen LogP contribution in [0, 0.1) is 10.8 Å². The minimum Gasteiger partial charge on any atom is -0.381 e. The Kier molecular flexibility index (Phi) is 4.35. The first kappa shape index (κ1) is 14.3. The molecular weight excluding hydrogens is 224 g/mol. The van der Waals surface area contributed by atoms with E-state index in [2.05, 4.69) is 31.4 Å². The first-order chi connectivity index (χ1) is 8.54. The Bertz CT molecular complexity index is 272. The minimum atomic E-state index is 0.286. The number of nitrogens with one attached hydrogen (secondary N) is 2. The maximum atomic E-state index is 5.52. The van der Waals surface area contributed by atoms with Gasteiger partial charge in [-0.05, 0) is 31.2 Å². The second kappa shape index (κ2) is 5.48. The summed E-state index contributed by atoms with van der Waals surface area (Å²) in [5.74, 6) is 0. The normalized spacial score (nSPS) is 38.7. The van der Waals surface area contributed by atoms with Crippen LogP contribution in [0.1, 0.15) is 46.5 Å². The van der Waals surface area contributed by atoms with Crippen LogP contribution >= 0.6 is 0 Å². The third-order valence-corrected chi connectivity index (χ3v) is 5.30. The molecule has 0 aromatic carbocycles. The van der Waals surface area contributed by atoms with Gasteiger partial charge in [-0.2, -0.15) is 0 Å². The highest BCUT2D eigenvalue weighted by atomic mass is 16.5. The van der Waals surface area contributed by atoms with Gasteiger partial charge in [0.05, 0.1) is 6.10 Å². The van der Waals surface area contributed by atoms with Gasteiger partial charge in [-0.25, -0.2) is 0 Å². The van der Waals surface area contributed by atoms with Gasteiger partial charge in [0, 0.05) is 31.7 Å². The monoisotopic (exact) mass is 254 g/mol. The van der Waals surface area contributed by atoms with E-state index in [1.165, 1.54) is 45.3 Å². The zero-order valence-electron chi connectivity index (χ0n) is 12.5. The van der Waals surface area contributed by atoms with Gasteiger partial charge in [-0.15, -0.1) is 0 Å². The van der Waals surface area contributed by atoms with E-state index in [1.54, 1.807) is 0 Å². The van der Waals surface area contributed by atoms with Crippen molar-refractivity contribution >= 4 is 0 Å². The van der Waals surface area contributed by atoms with E-state index in [4.69, 9.17) is 4.74 Å². The molecule has 0 aromatic rings. The van der Waals surface area contributed by atoms with Crippen molar-refractivity contribution in [2.75, 3.05) is 26.7 Å². The number of methoxy groups -OCH3 is 1. The summed E-state index contributed by atoms with van der Waals surface area (Å²) in [4.78, 5) is 0. The van der Waals surface area contributed by atoms with Crippen molar-refractivity contribution in [1.29, 1.82) is 0 Å². The van der Waals surface area contributed by atoms with Crippen LogP contribution in [0.2, 0.25) is 0 Å². The van der Waals surface area contributed by atoms with Gasteiger partial charge in [0.25, 0.3) is 0 Å². The van der Waals surface area contributed by atoms with Gasteiger partial charge in [0.15, 0.2) is 0 Å². The summed E-state index contributed by atoms with van der Waals surface area (Å²) in [6.45, 7) is 10.5. The van der Waals surface area contributed by atoms with Crippen LogP contribution < -0.4 is 10.6 Å². The maximum Gasteiger partial charge on any atom is 0.0652 e. The summed E-state index contributed by atoms with van der Waals surface area (Å²) in [7, 11) is 1.84. The highest BCUT2D eigenvalue weighted by molar-refractivity contribution is 5.03. The van der Waals surface area contributed by atoms with E-state index >= 15 is 0 Å². The van der Waals surface area contributed by atoms with E-state index in [0.717, 1.165) is 0 Å². The Hall–Kier alpha value is -0.120. The Morgan fingerprint density at radius 2 is 2.17 bits per heavy atom. The molecule has 2 fully saturated rings. The lowest BCUT2D eigenvalue weighted by molar-refractivity contribution is -0.0993. The van der Waals surface area contributed by atoms with Gasteiger partial charge in [-0.1, -0.05) is 27.2 Å². The summed E-state index contributed by atoms with van der Waals surface area (Å²) >= 11 is 0. The zero-order chi connectivity index (χ0) is 13.2. The minimum absolute atomic E-state index is 0.286. The molecule has 1 aliphatic heterocycles. The largest absolute Gasteiger partial charge is 0.381 e. The molecule has 0 bridgehead atoms. The summed E-state index contributed by atoms with van der Waals surface area (Å²) in [6, 6.07) is 0.622. The lowest BCUT2D eigenvalue weighted by Crippen LogP contribution is -2.62. The zero-order valence-corrected chi connectivity index (χ0v) is 12.5. The molecule has 0 spiro atoms. The van der Waals surface area contributed by atoms with Gasteiger partial charge in [0.2, 0.25) is 0 Å². The van der Waals surface area contributed by atoms with Crippen LogP contribution in [0.15, 0.2) is 0 Å². The Balaban J connectivity index is 1.84. The molecule has 3 unspecified atom stereocenters. The van der Waals surface area contributed by atoms with Crippen LogP contribution in [0.5, 0.6) is 0 Å². The van der Waals surface area contributed by atoms with Gasteiger partial charge < -0.3 is 15.4 Å². The third-order valence-electron chi connectivity index (χ3n) is 5.30. The lowest BCUT2D eigenvalue weighted by atomic mass is 9.64. The van der Waals surface area contributed by atoms with Crippen LogP contribution in [-0.2, 0) is 4.74 Å². The van der Waals surface area contributed by atoms with Crippen LogP contribution in [0.25, 0.3) is 0 Å². The second-order valence-electron chi connectivity index (χ2n) is 6.89.